The van der Waals surface area contributed by atoms with Crippen LogP contribution in [0, 0.1) is 11.6 Å². The number of halogens is 2. The molecular weight excluding hydrogens is 526 g/mol. The zero-order valence-corrected chi connectivity index (χ0v) is 23.1. The maximum absolute atomic E-state index is 13.6. The third-order valence-corrected chi connectivity index (χ3v) is 8.20. The average Bonchev–Trinajstić information content (AvgIpc) is 3.35. The number of rotatable bonds is 12. The number of aryl methyl sites for hydroxylation is 1. The predicted molar refractivity (Wildman–Crippen MR) is 153 cm³/mol. The largest absolute Gasteiger partial charge is 0.495 e. The van der Waals surface area contributed by atoms with Crippen molar-refractivity contribution in [2.24, 2.45) is 0 Å². The maximum atomic E-state index is 13.6. The quantitative estimate of drug-likeness (QED) is 0.272. The molecule has 3 heterocycles. The van der Waals surface area contributed by atoms with Crippen molar-refractivity contribution in [3.63, 3.8) is 0 Å². The minimum Gasteiger partial charge on any atom is -0.495 e. The number of likely N-dealkylation sites (tertiary alicyclic amines) is 2. The van der Waals surface area contributed by atoms with Gasteiger partial charge in [0.05, 0.1) is 18.2 Å². The zero-order chi connectivity index (χ0) is 28.3. The highest BCUT2D eigenvalue weighted by molar-refractivity contribution is 6.08. The van der Waals surface area contributed by atoms with E-state index in [2.05, 4.69) is 19.7 Å². The summed E-state index contributed by atoms with van der Waals surface area (Å²) in [4.78, 5) is 18.1. The van der Waals surface area contributed by atoms with E-state index in [1.54, 1.807) is 31.4 Å². The minimum atomic E-state index is -0.322. The smallest absolute Gasteiger partial charge is 0.253 e. The van der Waals surface area contributed by atoms with Gasteiger partial charge in [0.1, 0.15) is 29.7 Å². The Kier molecular flexibility index (Phi) is 7.89. The van der Waals surface area contributed by atoms with E-state index in [0.29, 0.717) is 35.6 Å². The van der Waals surface area contributed by atoms with Gasteiger partial charge in [0.2, 0.25) is 0 Å². The van der Waals surface area contributed by atoms with E-state index in [4.69, 9.17) is 9.47 Å². The second-order valence-electron chi connectivity index (χ2n) is 10.7. The summed E-state index contributed by atoms with van der Waals surface area (Å²) in [5.74, 6) is 0.644. The number of nitrogens with one attached hydrogen (secondary N) is 1. The van der Waals surface area contributed by atoms with E-state index < -0.39 is 0 Å². The summed E-state index contributed by atoms with van der Waals surface area (Å²) in [6.45, 7) is 5.54. The van der Waals surface area contributed by atoms with Gasteiger partial charge in [0.15, 0.2) is 0 Å². The number of amides is 1. The molecule has 0 spiro atoms. The van der Waals surface area contributed by atoms with Crippen LogP contribution in [0.2, 0.25) is 0 Å². The molecule has 41 heavy (non-hydrogen) atoms. The van der Waals surface area contributed by atoms with E-state index in [0.717, 1.165) is 55.8 Å². The molecule has 4 aromatic rings. The highest BCUT2D eigenvalue weighted by Gasteiger charge is 2.50. The van der Waals surface area contributed by atoms with Crippen LogP contribution in [0.15, 0.2) is 72.9 Å². The summed E-state index contributed by atoms with van der Waals surface area (Å²) in [6.07, 6.45) is 2.85. The van der Waals surface area contributed by atoms with Gasteiger partial charge < -0.3 is 19.4 Å². The number of aromatic nitrogens is 1. The maximum Gasteiger partial charge on any atom is 0.253 e. The second kappa shape index (κ2) is 11.9. The molecule has 3 aromatic carbocycles. The molecule has 1 unspecified atom stereocenters. The van der Waals surface area contributed by atoms with Gasteiger partial charge in [-0.05, 0) is 54.4 Å². The monoisotopic (exact) mass is 560 g/mol. The summed E-state index contributed by atoms with van der Waals surface area (Å²) < 4.78 is 40.1. The Hall–Kier alpha value is -3.95. The fraction of sp³-hybridized carbons (Fsp3) is 0.344. The lowest BCUT2D eigenvalue weighted by atomic mass is 9.85. The molecule has 0 bridgehead atoms. The Morgan fingerprint density at radius 2 is 1.68 bits per heavy atom. The SMILES string of the molecule is COc1cccc2c(C(=O)NCc3cccc(F)c3)cn(CCCN3CC4[C@H]3CN4CCOc3ccc(F)cc3)c12. The fourth-order valence-electron chi connectivity index (χ4n) is 5.98. The van der Waals surface area contributed by atoms with Gasteiger partial charge in [-0.1, -0.05) is 24.3 Å². The van der Waals surface area contributed by atoms with Crippen molar-refractivity contribution < 1.29 is 23.0 Å². The molecule has 2 saturated heterocycles. The number of fused-ring (bicyclic) bond motifs is 2. The summed E-state index contributed by atoms with van der Waals surface area (Å²) in [5, 5.41) is 3.77. The van der Waals surface area contributed by atoms with Crippen LogP contribution in [0.25, 0.3) is 10.9 Å². The minimum absolute atomic E-state index is 0.199. The van der Waals surface area contributed by atoms with Crippen molar-refractivity contribution in [1.82, 2.24) is 19.7 Å². The summed E-state index contributed by atoms with van der Waals surface area (Å²) >= 11 is 0. The highest BCUT2D eigenvalue weighted by Crippen LogP contribution is 2.34. The number of methoxy groups -OCH3 is 1. The predicted octanol–water partition coefficient (Wildman–Crippen LogP) is 4.70. The first-order valence-electron chi connectivity index (χ1n) is 14.0. The number of hydrogen-bond acceptors (Lipinski definition) is 5. The van der Waals surface area contributed by atoms with Gasteiger partial charge in [-0.3, -0.25) is 14.6 Å². The average molecular weight is 561 g/mol. The molecule has 0 aliphatic carbocycles. The van der Waals surface area contributed by atoms with Gasteiger partial charge in [-0.15, -0.1) is 0 Å². The number of carbonyl (C=O) groups is 1. The van der Waals surface area contributed by atoms with E-state index in [9.17, 15) is 13.6 Å². The molecule has 0 radical (unpaired) electrons. The van der Waals surface area contributed by atoms with Crippen LogP contribution in [0.4, 0.5) is 8.78 Å². The van der Waals surface area contributed by atoms with E-state index in [1.807, 2.05) is 24.4 Å². The fourth-order valence-corrected chi connectivity index (χ4v) is 5.98. The molecular formula is C32H34F2N4O3. The molecule has 1 N–H and O–H groups in total. The normalized spacial score (nSPS) is 18.4. The third kappa shape index (κ3) is 5.78. The summed E-state index contributed by atoms with van der Waals surface area (Å²) in [7, 11) is 1.64. The van der Waals surface area contributed by atoms with Gasteiger partial charge in [0, 0.05) is 62.9 Å². The summed E-state index contributed by atoms with van der Waals surface area (Å²) in [6, 6.07) is 19.3. The first-order valence-corrected chi connectivity index (χ1v) is 14.0. The van der Waals surface area contributed by atoms with Crippen LogP contribution in [-0.2, 0) is 13.1 Å². The van der Waals surface area contributed by atoms with Gasteiger partial charge in [0.25, 0.3) is 5.91 Å². The van der Waals surface area contributed by atoms with Crippen molar-refractivity contribution in [1.29, 1.82) is 0 Å². The van der Waals surface area contributed by atoms with Crippen molar-refractivity contribution in [3.05, 3.63) is 95.7 Å². The number of hydrogen-bond donors (Lipinski definition) is 1. The van der Waals surface area contributed by atoms with Crippen LogP contribution < -0.4 is 14.8 Å². The van der Waals surface area contributed by atoms with Crippen molar-refractivity contribution in [2.45, 2.75) is 31.6 Å². The van der Waals surface area contributed by atoms with Gasteiger partial charge in [-0.25, -0.2) is 8.78 Å². The molecule has 2 fully saturated rings. The second-order valence-corrected chi connectivity index (χ2v) is 10.7. The Balaban J connectivity index is 1.01. The molecule has 1 aromatic heterocycles. The first-order chi connectivity index (χ1) is 20.0. The molecule has 2 aliphatic rings. The van der Waals surface area contributed by atoms with Crippen LogP contribution in [-0.4, -0.2) is 72.3 Å². The number of benzene rings is 3. The van der Waals surface area contributed by atoms with Crippen molar-refractivity contribution in [2.75, 3.05) is 39.9 Å². The number of nitrogens with zero attached hydrogens (tertiary/aromatic N) is 3. The Morgan fingerprint density at radius 1 is 0.927 bits per heavy atom. The number of para-hydroxylation sites is 1. The van der Waals surface area contributed by atoms with Gasteiger partial charge >= 0.3 is 0 Å². The Bertz CT molecular complexity index is 1520. The number of piperazine rings is 1. The van der Waals surface area contributed by atoms with Crippen LogP contribution in [0.3, 0.4) is 0 Å². The van der Waals surface area contributed by atoms with Crippen LogP contribution in [0.1, 0.15) is 22.3 Å². The Morgan fingerprint density at radius 3 is 2.41 bits per heavy atom. The van der Waals surface area contributed by atoms with E-state index in [1.165, 1.54) is 24.3 Å². The standard InChI is InChI=1S/C32H34F2N4O3/c1-40-30-8-3-7-26-27(32(39)35-18-22-5-2-6-24(34)17-22)19-38(31(26)30)14-4-13-36-20-29-28(36)21-37(29)15-16-41-25-11-9-23(33)10-12-25/h2-3,5-12,17,19,28-29H,4,13-16,18,20-21H2,1H3,(H,35,39)/t28-,29?/m1/s1. The van der Waals surface area contributed by atoms with Crippen molar-refractivity contribution in [3.8, 4) is 11.5 Å². The third-order valence-electron chi connectivity index (χ3n) is 8.20. The molecule has 6 rings (SSSR count). The van der Waals surface area contributed by atoms with E-state index in [-0.39, 0.29) is 24.1 Å². The molecule has 7 nitrogen and oxygen atoms in total. The van der Waals surface area contributed by atoms with Crippen molar-refractivity contribution >= 4 is 16.8 Å². The number of ether oxygens (including phenoxy) is 2. The van der Waals surface area contributed by atoms with Crippen LogP contribution >= 0.6 is 0 Å². The lowest BCUT2D eigenvalue weighted by molar-refractivity contribution is -0.126. The summed E-state index contributed by atoms with van der Waals surface area (Å²) in [5.41, 5.74) is 2.20. The molecule has 1 amide bonds. The molecule has 214 valence electrons. The van der Waals surface area contributed by atoms with Crippen LogP contribution in [0.5, 0.6) is 11.5 Å². The molecule has 9 heteroatoms. The lowest BCUT2D eigenvalue weighted by Gasteiger charge is -2.62. The first kappa shape index (κ1) is 27.2. The molecule has 0 saturated carbocycles. The molecule has 2 atom stereocenters. The topological polar surface area (TPSA) is 59.0 Å². The lowest BCUT2D eigenvalue weighted by Crippen LogP contribution is -2.78. The zero-order valence-electron chi connectivity index (χ0n) is 23.1. The Labute approximate surface area is 238 Å². The van der Waals surface area contributed by atoms with Gasteiger partial charge in [-0.2, -0.15) is 0 Å². The molecule has 2 aliphatic heterocycles. The number of carbonyl (C=O) groups excluding carboxylic acids is 1. The highest BCUT2D eigenvalue weighted by atomic mass is 19.1. The van der Waals surface area contributed by atoms with E-state index >= 15 is 0 Å².